The second kappa shape index (κ2) is 8.12. The second-order valence-corrected chi connectivity index (χ2v) is 5.40. The Morgan fingerprint density at radius 3 is 3.08 bits per heavy atom. The van der Waals surface area contributed by atoms with Crippen LogP contribution in [0.25, 0.3) is 0 Å². The van der Waals surface area contributed by atoms with Gasteiger partial charge in [-0.25, -0.2) is 4.39 Å². The Morgan fingerprint density at radius 2 is 2.29 bits per heavy atom. The van der Waals surface area contributed by atoms with Crippen LogP contribution in [0.3, 0.4) is 0 Å². The number of carbonyl (C=O) groups excluding carboxylic acids is 1. The zero-order valence-electron chi connectivity index (χ0n) is 13.3. The van der Waals surface area contributed by atoms with Crippen LogP contribution in [0.4, 0.5) is 10.1 Å². The summed E-state index contributed by atoms with van der Waals surface area (Å²) in [5.74, 6) is -0.419. The number of nitrogens with zero attached hydrogens (tertiary/aromatic N) is 1. The first-order valence-electron chi connectivity index (χ1n) is 7.69. The van der Waals surface area contributed by atoms with Gasteiger partial charge in [0.25, 0.3) is 5.91 Å². The molecule has 0 aliphatic carbocycles. The molecular weight excluding hydrogens is 335 g/mol. The van der Waals surface area contributed by atoms with Crippen LogP contribution in [0.5, 0.6) is 5.75 Å². The number of hydrogen-bond acceptors (Lipinski definition) is 4. The fourth-order valence-corrected chi connectivity index (χ4v) is 2.53. The number of ether oxygens (including phenoxy) is 1. The van der Waals surface area contributed by atoms with Gasteiger partial charge in [-0.05, 0) is 18.6 Å². The van der Waals surface area contributed by atoms with Crippen LogP contribution in [-0.2, 0) is 13.0 Å². The third-order valence-electron chi connectivity index (χ3n) is 3.67. The van der Waals surface area contributed by atoms with Crippen LogP contribution in [0.2, 0.25) is 0 Å². The summed E-state index contributed by atoms with van der Waals surface area (Å²) in [5.41, 5.74) is 2.66. The van der Waals surface area contributed by atoms with Gasteiger partial charge in [-0.2, -0.15) is 5.10 Å². The first-order valence-corrected chi connectivity index (χ1v) is 7.69. The van der Waals surface area contributed by atoms with Crippen molar-refractivity contribution in [1.29, 1.82) is 0 Å². The molecule has 0 saturated heterocycles. The molecule has 2 aromatic rings. The van der Waals surface area contributed by atoms with Crippen molar-refractivity contribution in [2.75, 3.05) is 18.5 Å². The van der Waals surface area contributed by atoms with Crippen molar-refractivity contribution in [2.24, 2.45) is 0 Å². The molecule has 1 amide bonds. The number of nitrogens with one attached hydrogen (secondary N) is 3. The Balaban J connectivity index is 0.00000208. The van der Waals surface area contributed by atoms with Crippen molar-refractivity contribution in [3.05, 3.63) is 41.0 Å². The van der Waals surface area contributed by atoms with Crippen LogP contribution < -0.4 is 15.4 Å². The molecule has 24 heavy (non-hydrogen) atoms. The standard InChI is InChI=1S/C16H19FN4O2.ClH/c1-2-7-23-14-8-10(17)3-4-13(14)19-16(22)15-11-9-18-6-5-12(11)20-21-15;/h3-4,8,18H,2,5-7,9H2,1H3,(H,19,22)(H,20,21);1H. The fourth-order valence-electron chi connectivity index (χ4n) is 2.53. The molecule has 0 unspecified atom stereocenters. The maximum atomic E-state index is 13.4. The molecule has 0 spiro atoms. The molecule has 2 heterocycles. The highest BCUT2D eigenvalue weighted by molar-refractivity contribution is 6.04. The number of aromatic nitrogens is 2. The number of hydrogen-bond donors (Lipinski definition) is 3. The number of benzene rings is 1. The van der Waals surface area contributed by atoms with Crippen molar-refractivity contribution in [3.8, 4) is 5.75 Å². The first-order chi connectivity index (χ1) is 11.2. The van der Waals surface area contributed by atoms with Crippen LogP contribution in [-0.4, -0.2) is 29.3 Å². The van der Waals surface area contributed by atoms with E-state index in [1.807, 2.05) is 6.92 Å². The van der Waals surface area contributed by atoms with Gasteiger partial charge in [0.05, 0.1) is 12.3 Å². The van der Waals surface area contributed by atoms with Gasteiger partial charge in [0.2, 0.25) is 0 Å². The molecule has 1 aromatic carbocycles. The Bertz CT molecular complexity index is 720. The SMILES string of the molecule is CCCOc1cc(F)ccc1NC(=O)c1n[nH]c2c1CNCC2.Cl. The predicted molar refractivity (Wildman–Crippen MR) is 91.4 cm³/mol. The van der Waals surface area contributed by atoms with Crippen LogP contribution in [0.1, 0.15) is 35.1 Å². The number of anilines is 1. The van der Waals surface area contributed by atoms with E-state index in [1.165, 1.54) is 18.2 Å². The molecule has 0 fully saturated rings. The number of fused-ring (bicyclic) bond motifs is 1. The number of H-pyrrole nitrogens is 1. The summed E-state index contributed by atoms with van der Waals surface area (Å²) in [5, 5.41) is 13.0. The van der Waals surface area contributed by atoms with Gasteiger partial charge in [-0.15, -0.1) is 12.4 Å². The summed E-state index contributed by atoms with van der Waals surface area (Å²) in [6.07, 6.45) is 1.61. The molecule has 0 saturated carbocycles. The molecule has 1 aliphatic rings. The van der Waals surface area contributed by atoms with E-state index in [4.69, 9.17) is 4.74 Å². The molecule has 3 N–H and O–H groups in total. The molecule has 130 valence electrons. The minimum Gasteiger partial charge on any atom is -0.491 e. The van der Waals surface area contributed by atoms with Gasteiger partial charge in [-0.3, -0.25) is 9.89 Å². The number of amides is 1. The molecule has 0 atom stereocenters. The van der Waals surface area contributed by atoms with E-state index in [0.29, 0.717) is 30.3 Å². The largest absolute Gasteiger partial charge is 0.491 e. The van der Waals surface area contributed by atoms with Crippen molar-refractivity contribution in [3.63, 3.8) is 0 Å². The number of halogens is 2. The Labute approximate surface area is 145 Å². The number of aromatic amines is 1. The zero-order chi connectivity index (χ0) is 16.2. The monoisotopic (exact) mass is 354 g/mol. The molecule has 0 bridgehead atoms. The number of carbonyl (C=O) groups is 1. The maximum Gasteiger partial charge on any atom is 0.276 e. The lowest BCUT2D eigenvalue weighted by atomic mass is 10.1. The normalized spacial score (nSPS) is 12.9. The molecule has 3 rings (SSSR count). The van der Waals surface area contributed by atoms with Gasteiger partial charge in [0, 0.05) is 36.8 Å². The van der Waals surface area contributed by atoms with Gasteiger partial charge in [0.15, 0.2) is 5.69 Å². The summed E-state index contributed by atoms with van der Waals surface area (Å²) < 4.78 is 18.9. The predicted octanol–water partition coefficient (Wildman–Crippen LogP) is 2.66. The molecule has 1 aromatic heterocycles. The highest BCUT2D eigenvalue weighted by Crippen LogP contribution is 2.27. The van der Waals surface area contributed by atoms with Crippen LogP contribution in [0.15, 0.2) is 18.2 Å². The molecular formula is C16H20ClFN4O2. The highest BCUT2D eigenvalue weighted by Gasteiger charge is 2.22. The smallest absolute Gasteiger partial charge is 0.276 e. The van der Waals surface area contributed by atoms with Gasteiger partial charge in [-0.1, -0.05) is 6.92 Å². The van der Waals surface area contributed by atoms with Crippen molar-refractivity contribution in [2.45, 2.75) is 26.3 Å². The van der Waals surface area contributed by atoms with E-state index in [-0.39, 0.29) is 18.3 Å². The van der Waals surface area contributed by atoms with Gasteiger partial charge in [0.1, 0.15) is 11.6 Å². The van der Waals surface area contributed by atoms with E-state index in [1.54, 1.807) is 0 Å². The quantitative estimate of drug-likeness (QED) is 0.771. The van der Waals surface area contributed by atoms with E-state index in [0.717, 1.165) is 30.6 Å². The summed E-state index contributed by atoms with van der Waals surface area (Å²) in [7, 11) is 0. The van der Waals surface area contributed by atoms with E-state index in [9.17, 15) is 9.18 Å². The summed E-state index contributed by atoms with van der Waals surface area (Å²) >= 11 is 0. The summed E-state index contributed by atoms with van der Waals surface area (Å²) in [4.78, 5) is 12.5. The third kappa shape index (κ3) is 3.85. The summed E-state index contributed by atoms with van der Waals surface area (Å²) in [6.45, 7) is 3.88. The van der Waals surface area contributed by atoms with Gasteiger partial charge < -0.3 is 15.4 Å². The van der Waals surface area contributed by atoms with Crippen molar-refractivity contribution < 1.29 is 13.9 Å². The van der Waals surface area contributed by atoms with E-state index >= 15 is 0 Å². The lowest BCUT2D eigenvalue weighted by molar-refractivity contribution is 0.102. The maximum absolute atomic E-state index is 13.4. The minimum atomic E-state index is -0.407. The minimum absolute atomic E-state index is 0. The van der Waals surface area contributed by atoms with Crippen molar-refractivity contribution >= 4 is 24.0 Å². The van der Waals surface area contributed by atoms with Crippen LogP contribution >= 0.6 is 12.4 Å². The Morgan fingerprint density at radius 1 is 1.46 bits per heavy atom. The number of rotatable bonds is 5. The zero-order valence-corrected chi connectivity index (χ0v) is 14.1. The van der Waals surface area contributed by atoms with E-state index in [2.05, 4.69) is 20.8 Å². The average molecular weight is 355 g/mol. The molecule has 0 radical (unpaired) electrons. The van der Waals surface area contributed by atoms with E-state index < -0.39 is 5.82 Å². The highest BCUT2D eigenvalue weighted by atomic mass is 35.5. The second-order valence-electron chi connectivity index (χ2n) is 5.40. The molecule has 1 aliphatic heterocycles. The lowest BCUT2D eigenvalue weighted by Crippen LogP contribution is -2.25. The molecule has 8 heteroatoms. The topological polar surface area (TPSA) is 79.0 Å². The Kier molecular flexibility index (Phi) is 6.16. The van der Waals surface area contributed by atoms with Gasteiger partial charge >= 0.3 is 0 Å². The fraction of sp³-hybridized carbons (Fsp3) is 0.375. The summed E-state index contributed by atoms with van der Waals surface area (Å²) in [6, 6.07) is 4.05. The Hall–Kier alpha value is -2.12. The van der Waals surface area contributed by atoms with Crippen molar-refractivity contribution in [1.82, 2.24) is 15.5 Å². The lowest BCUT2D eigenvalue weighted by Gasteiger charge is -2.14. The average Bonchev–Trinajstić information content (AvgIpc) is 2.99. The van der Waals surface area contributed by atoms with Crippen LogP contribution in [0, 0.1) is 5.82 Å². The molecule has 6 nitrogen and oxygen atoms in total. The first kappa shape index (κ1) is 18.2. The third-order valence-corrected chi connectivity index (χ3v) is 3.67.